The van der Waals surface area contributed by atoms with Crippen LogP contribution in [0.2, 0.25) is 0 Å². The maximum Gasteiger partial charge on any atom is 0.337 e. The number of aromatic carboxylic acids is 1. The zero-order valence-corrected chi connectivity index (χ0v) is 11.5. The topological polar surface area (TPSA) is 59.3 Å². The molecule has 0 fully saturated rings. The molecule has 0 saturated heterocycles. The Morgan fingerprint density at radius 3 is 2.50 bits per heavy atom. The molecule has 0 atom stereocenters. The summed E-state index contributed by atoms with van der Waals surface area (Å²) >= 11 is 0. The van der Waals surface area contributed by atoms with Crippen LogP contribution < -0.4 is 5.56 Å². The molecule has 18 heavy (non-hydrogen) atoms. The average molecular weight is 251 g/mol. The number of aryl methyl sites for hydroxylation is 1. The molecule has 0 aromatic carbocycles. The summed E-state index contributed by atoms with van der Waals surface area (Å²) in [5.74, 6) is -0.381. The van der Waals surface area contributed by atoms with Crippen LogP contribution in [0.5, 0.6) is 0 Å². The quantitative estimate of drug-likeness (QED) is 0.875. The molecule has 1 aromatic heterocycles. The molecule has 0 amide bonds. The summed E-state index contributed by atoms with van der Waals surface area (Å²) in [6.45, 7) is 8.22. The maximum absolute atomic E-state index is 11.9. The van der Waals surface area contributed by atoms with Gasteiger partial charge in [-0.15, -0.1) is 0 Å². The molecule has 4 nitrogen and oxygen atoms in total. The molecular weight excluding hydrogens is 230 g/mol. The van der Waals surface area contributed by atoms with Gasteiger partial charge in [-0.05, 0) is 38.2 Å². The van der Waals surface area contributed by atoms with Crippen molar-refractivity contribution in [1.82, 2.24) is 4.57 Å². The number of pyridine rings is 1. The lowest BCUT2D eigenvalue weighted by atomic mass is 10.1. The van der Waals surface area contributed by atoms with Crippen LogP contribution in [0.25, 0.3) is 0 Å². The van der Waals surface area contributed by atoms with E-state index in [2.05, 4.69) is 13.8 Å². The fourth-order valence-corrected chi connectivity index (χ4v) is 2.18. The molecule has 4 heteroatoms. The zero-order valence-electron chi connectivity index (χ0n) is 11.5. The Bertz CT molecular complexity index is 500. The molecular formula is C14H21NO3. The van der Waals surface area contributed by atoms with Crippen LogP contribution in [0.4, 0.5) is 0 Å². The van der Waals surface area contributed by atoms with Gasteiger partial charge in [0.15, 0.2) is 0 Å². The number of carboxylic acid groups (broad SMARTS) is 1. The Morgan fingerprint density at radius 2 is 2.00 bits per heavy atom. The van der Waals surface area contributed by atoms with Gasteiger partial charge in [-0.25, -0.2) is 4.79 Å². The third-order valence-corrected chi connectivity index (χ3v) is 3.14. The van der Waals surface area contributed by atoms with Crippen LogP contribution >= 0.6 is 0 Å². The second kappa shape index (κ2) is 5.85. The number of nitrogens with zero attached hydrogens (tertiary/aromatic N) is 1. The second-order valence-corrected chi connectivity index (χ2v) is 5.12. The molecule has 100 valence electrons. The minimum Gasteiger partial charge on any atom is -0.478 e. The van der Waals surface area contributed by atoms with Crippen LogP contribution in [-0.2, 0) is 6.54 Å². The minimum atomic E-state index is -0.970. The van der Waals surface area contributed by atoms with Crippen molar-refractivity contribution in [2.24, 2.45) is 5.92 Å². The lowest BCUT2D eigenvalue weighted by molar-refractivity contribution is 0.0694. The average Bonchev–Trinajstić information content (AvgIpc) is 2.21. The van der Waals surface area contributed by atoms with E-state index >= 15 is 0 Å². The van der Waals surface area contributed by atoms with Gasteiger partial charge in [0.25, 0.3) is 5.56 Å². The van der Waals surface area contributed by atoms with Crippen molar-refractivity contribution in [3.8, 4) is 0 Å². The molecule has 1 rings (SSSR count). The first-order valence-electron chi connectivity index (χ1n) is 6.29. The van der Waals surface area contributed by atoms with Crippen molar-refractivity contribution in [3.63, 3.8) is 0 Å². The third kappa shape index (κ3) is 3.22. The Morgan fingerprint density at radius 1 is 1.39 bits per heavy atom. The summed E-state index contributed by atoms with van der Waals surface area (Å²) in [4.78, 5) is 23.1. The first-order chi connectivity index (χ1) is 8.34. The van der Waals surface area contributed by atoms with Crippen molar-refractivity contribution in [1.29, 1.82) is 0 Å². The van der Waals surface area contributed by atoms with E-state index in [0.717, 1.165) is 12.8 Å². The van der Waals surface area contributed by atoms with Crippen molar-refractivity contribution < 1.29 is 9.90 Å². The van der Waals surface area contributed by atoms with Gasteiger partial charge in [-0.1, -0.05) is 13.8 Å². The van der Waals surface area contributed by atoms with Gasteiger partial charge in [-0.3, -0.25) is 4.79 Å². The van der Waals surface area contributed by atoms with Crippen LogP contribution in [0.1, 0.15) is 48.3 Å². The largest absolute Gasteiger partial charge is 0.478 e. The van der Waals surface area contributed by atoms with Gasteiger partial charge in [0, 0.05) is 18.3 Å². The summed E-state index contributed by atoms with van der Waals surface area (Å²) in [5, 5.41) is 9.16. The molecule has 0 aliphatic carbocycles. The lowest BCUT2D eigenvalue weighted by Crippen LogP contribution is -2.25. The Labute approximate surface area is 107 Å². The second-order valence-electron chi connectivity index (χ2n) is 5.12. The number of rotatable bonds is 5. The summed E-state index contributed by atoms with van der Waals surface area (Å²) in [5.41, 5.74) is 1.22. The van der Waals surface area contributed by atoms with Gasteiger partial charge in [0.2, 0.25) is 0 Å². The van der Waals surface area contributed by atoms with E-state index < -0.39 is 5.97 Å². The van der Waals surface area contributed by atoms with Gasteiger partial charge < -0.3 is 9.67 Å². The normalized spacial score (nSPS) is 10.9. The third-order valence-electron chi connectivity index (χ3n) is 3.14. The summed E-state index contributed by atoms with van der Waals surface area (Å²) in [6.07, 6.45) is 1.92. The molecule has 0 aliphatic heterocycles. The smallest absolute Gasteiger partial charge is 0.337 e. The van der Waals surface area contributed by atoms with E-state index in [1.807, 2.05) is 0 Å². The van der Waals surface area contributed by atoms with Gasteiger partial charge in [0.05, 0.1) is 5.56 Å². The number of hydrogen-bond donors (Lipinski definition) is 1. The molecule has 0 radical (unpaired) electrons. The zero-order chi connectivity index (χ0) is 13.9. The minimum absolute atomic E-state index is 0.112. The highest BCUT2D eigenvalue weighted by molar-refractivity contribution is 5.90. The summed E-state index contributed by atoms with van der Waals surface area (Å²) < 4.78 is 1.57. The Balaban J connectivity index is 3.08. The number of aromatic nitrogens is 1. The van der Waals surface area contributed by atoms with Crippen molar-refractivity contribution in [2.45, 2.75) is 47.1 Å². The highest BCUT2D eigenvalue weighted by Gasteiger charge is 2.15. The van der Waals surface area contributed by atoms with E-state index in [4.69, 9.17) is 5.11 Å². The lowest BCUT2D eigenvalue weighted by Gasteiger charge is -2.14. The summed E-state index contributed by atoms with van der Waals surface area (Å²) in [7, 11) is 0. The SMILES string of the molecule is Cc1cc(=O)n(CCCC(C)C)c(C)c1C(=O)O. The molecule has 0 bridgehead atoms. The van der Waals surface area contributed by atoms with E-state index in [1.54, 1.807) is 18.4 Å². The van der Waals surface area contributed by atoms with Crippen molar-refractivity contribution in [3.05, 3.63) is 33.2 Å². The molecule has 1 N–H and O–H groups in total. The molecule has 0 saturated carbocycles. The van der Waals surface area contributed by atoms with Gasteiger partial charge in [-0.2, -0.15) is 0 Å². The van der Waals surface area contributed by atoms with Crippen molar-refractivity contribution >= 4 is 5.97 Å². The van der Waals surface area contributed by atoms with E-state index in [1.165, 1.54) is 6.07 Å². The molecule has 1 heterocycles. The molecule has 0 aliphatic rings. The van der Waals surface area contributed by atoms with E-state index in [0.29, 0.717) is 23.7 Å². The van der Waals surface area contributed by atoms with Crippen LogP contribution in [-0.4, -0.2) is 15.6 Å². The standard InChI is InChI=1S/C14H21NO3/c1-9(2)6-5-7-15-11(4)13(14(17)18)10(3)8-12(15)16/h8-9H,5-7H2,1-4H3,(H,17,18). The Kier molecular flexibility index (Phi) is 4.70. The van der Waals surface area contributed by atoms with Crippen LogP contribution in [0.15, 0.2) is 10.9 Å². The molecule has 0 unspecified atom stereocenters. The van der Waals surface area contributed by atoms with E-state index in [9.17, 15) is 9.59 Å². The van der Waals surface area contributed by atoms with Crippen LogP contribution in [0.3, 0.4) is 0 Å². The number of carboxylic acids is 1. The Hall–Kier alpha value is -1.58. The molecule has 1 aromatic rings. The highest BCUT2D eigenvalue weighted by Crippen LogP contribution is 2.13. The fraction of sp³-hybridized carbons (Fsp3) is 0.571. The van der Waals surface area contributed by atoms with Crippen LogP contribution in [0, 0.1) is 19.8 Å². The predicted octanol–water partition coefficient (Wildman–Crippen LogP) is 2.60. The predicted molar refractivity (Wildman–Crippen MR) is 71.2 cm³/mol. The first kappa shape index (κ1) is 14.5. The summed E-state index contributed by atoms with van der Waals surface area (Å²) in [6, 6.07) is 1.41. The number of hydrogen-bond acceptors (Lipinski definition) is 2. The van der Waals surface area contributed by atoms with Gasteiger partial charge in [0.1, 0.15) is 0 Å². The monoisotopic (exact) mass is 251 g/mol. The fourth-order valence-electron chi connectivity index (χ4n) is 2.18. The molecule has 0 spiro atoms. The van der Waals surface area contributed by atoms with E-state index in [-0.39, 0.29) is 11.1 Å². The number of carbonyl (C=O) groups is 1. The first-order valence-corrected chi connectivity index (χ1v) is 6.29. The highest BCUT2D eigenvalue weighted by atomic mass is 16.4. The van der Waals surface area contributed by atoms with Gasteiger partial charge >= 0.3 is 5.97 Å². The maximum atomic E-state index is 11.9. The van der Waals surface area contributed by atoms with Crippen molar-refractivity contribution in [2.75, 3.05) is 0 Å².